The van der Waals surface area contributed by atoms with Crippen LogP contribution in [0.1, 0.15) is 50.5 Å². The van der Waals surface area contributed by atoms with Gasteiger partial charge in [0.05, 0.1) is 5.54 Å². The summed E-state index contributed by atoms with van der Waals surface area (Å²) in [6.07, 6.45) is 6.44. The highest BCUT2D eigenvalue weighted by Crippen LogP contribution is 2.39. The molecule has 1 saturated heterocycles. The Labute approximate surface area is 155 Å². The molecule has 0 bridgehead atoms. The minimum absolute atomic E-state index is 0. The molecule has 6 heteroatoms. The second kappa shape index (κ2) is 8.47. The second-order valence-corrected chi connectivity index (χ2v) is 7.30. The molecule has 0 spiro atoms. The first-order chi connectivity index (χ1) is 11.5. The number of carbonyl (C=O) groups is 1. The highest BCUT2D eigenvalue weighted by Gasteiger charge is 2.39. The molecule has 1 aliphatic carbocycles. The van der Waals surface area contributed by atoms with Gasteiger partial charge in [-0.25, -0.2) is 4.39 Å². The fourth-order valence-electron chi connectivity index (χ4n) is 4.00. The number of nitrogens with two attached hydrogens (primary N) is 1. The minimum Gasteiger partial charge on any atom is -0.381 e. The summed E-state index contributed by atoms with van der Waals surface area (Å²) in [6.45, 7) is 1.58. The molecule has 3 rings (SSSR count). The van der Waals surface area contributed by atoms with Crippen molar-refractivity contribution in [2.45, 2.75) is 55.9 Å². The molecule has 4 nitrogen and oxygen atoms in total. The van der Waals surface area contributed by atoms with Gasteiger partial charge in [0.25, 0.3) is 0 Å². The molecular formula is C19H28ClFN2O2. The number of rotatable bonds is 4. The van der Waals surface area contributed by atoms with Gasteiger partial charge in [0, 0.05) is 25.2 Å². The summed E-state index contributed by atoms with van der Waals surface area (Å²) < 4.78 is 19.0. The number of amides is 1. The predicted octanol–water partition coefficient (Wildman–Crippen LogP) is 3.07. The van der Waals surface area contributed by atoms with E-state index in [1.54, 1.807) is 12.1 Å². The van der Waals surface area contributed by atoms with E-state index in [1.165, 1.54) is 12.5 Å². The van der Waals surface area contributed by atoms with Gasteiger partial charge in [-0.15, -0.1) is 12.4 Å². The molecule has 1 saturated carbocycles. The van der Waals surface area contributed by atoms with Gasteiger partial charge in [-0.05, 0) is 43.4 Å². The summed E-state index contributed by atoms with van der Waals surface area (Å²) in [4.78, 5) is 12.6. The fourth-order valence-corrected chi connectivity index (χ4v) is 4.00. The third-order valence-electron chi connectivity index (χ3n) is 5.67. The zero-order valence-electron chi connectivity index (χ0n) is 14.6. The number of benzene rings is 1. The number of nitrogens with one attached hydrogen (secondary N) is 1. The van der Waals surface area contributed by atoms with Crippen LogP contribution in [0.4, 0.5) is 4.39 Å². The first kappa shape index (κ1) is 20.1. The molecule has 0 radical (unpaired) electrons. The molecule has 1 aliphatic heterocycles. The number of halogens is 2. The largest absolute Gasteiger partial charge is 0.381 e. The van der Waals surface area contributed by atoms with E-state index < -0.39 is 5.54 Å². The third-order valence-corrected chi connectivity index (χ3v) is 5.67. The summed E-state index contributed by atoms with van der Waals surface area (Å²) in [5.41, 5.74) is 6.24. The maximum atomic E-state index is 13.7. The number of hydrogen-bond acceptors (Lipinski definition) is 3. The van der Waals surface area contributed by atoms with Crippen molar-refractivity contribution in [3.8, 4) is 0 Å². The molecule has 1 heterocycles. The van der Waals surface area contributed by atoms with Crippen LogP contribution in [0.2, 0.25) is 0 Å². The van der Waals surface area contributed by atoms with E-state index in [4.69, 9.17) is 10.5 Å². The van der Waals surface area contributed by atoms with Gasteiger partial charge in [-0.1, -0.05) is 31.4 Å². The molecule has 2 fully saturated rings. The van der Waals surface area contributed by atoms with Crippen molar-refractivity contribution in [2.75, 3.05) is 19.8 Å². The maximum Gasteiger partial charge on any atom is 0.240 e. The topological polar surface area (TPSA) is 64.4 Å². The normalized spacial score (nSPS) is 21.8. The van der Waals surface area contributed by atoms with Gasteiger partial charge in [0.15, 0.2) is 0 Å². The highest BCUT2D eigenvalue weighted by atomic mass is 35.5. The molecule has 1 aromatic rings. The molecule has 2 aliphatic rings. The Kier molecular flexibility index (Phi) is 6.83. The Morgan fingerprint density at radius 3 is 2.48 bits per heavy atom. The van der Waals surface area contributed by atoms with Crippen molar-refractivity contribution in [2.24, 2.45) is 5.73 Å². The van der Waals surface area contributed by atoms with Crippen molar-refractivity contribution in [3.05, 3.63) is 35.6 Å². The van der Waals surface area contributed by atoms with E-state index in [0.717, 1.165) is 31.2 Å². The zero-order chi connectivity index (χ0) is 17.0. The molecule has 140 valence electrons. The average molecular weight is 371 g/mol. The second-order valence-electron chi connectivity index (χ2n) is 7.30. The first-order valence-electron chi connectivity index (χ1n) is 8.95. The predicted molar refractivity (Wildman–Crippen MR) is 98.4 cm³/mol. The van der Waals surface area contributed by atoms with Crippen molar-refractivity contribution in [1.82, 2.24) is 5.32 Å². The van der Waals surface area contributed by atoms with Crippen LogP contribution in [-0.2, 0) is 14.9 Å². The van der Waals surface area contributed by atoms with Gasteiger partial charge in [0.1, 0.15) is 5.82 Å². The van der Waals surface area contributed by atoms with Crippen LogP contribution >= 0.6 is 12.4 Å². The standard InChI is InChI=1S/C19H27FN2O2.ClH/c20-16-6-4-5-15(13-16)18(7-2-1-3-8-18)14-22-17(23)19(21)9-11-24-12-10-19;/h4-6,13H,1-3,7-12,14,21H2,(H,22,23);1H. The molecule has 0 atom stereocenters. The van der Waals surface area contributed by atoms with Crippen LogP contribution in [0.5, 0.6) is 0 Å². The van der Waals surface area contributed by atoms with E-state index in [-0.39, 0.29) is 29.5 Å². The Bertz CT molecular complexity index is 585. The van der Waals surface area contributed by atoms with Crippen LogP contribution in [0.25, 0.3) is 0 Å². The van der Waals surface area contributed by atoms with Crippen LogP contribution in [0.3, 0.4) is 0 Å². The van der Waals surface area contributed by atoms with Gasteiger partial charge >= 0.3 is 0 Å². The Morgan fingerprint density at radius 1 is 1.16 bits per heavy atom. The lowest BCUT2D eigenvalue weighted by Gasteiger charge is -2.39. The van der Waals surface area contributed by atoms with E-state index in [1.807, 2.05) is 6.07 Å². The van der Waals surface area contributed by atoms with Gasteiger partial charge in [-0.2, -0.15) is 0 Å². The van der Waals surface area contributed by atoms with Crippen molar-refractivity contribution in [3.63, 3.8) is 0 Å². The minimum atomic E-state index is -0.837. The SMILES string of the molecule is Cl.NC1(C(=O)NCC2(c3cccc(F)c3)CCCCC2)CCOCC1. The first-order valence-corrected chi connectivity index (χ1v) is 8.95. The summed E-state index contributed by atoms with van der Waals surface area (Å²) in [5.74, 6) is -0.323. The smallest absolute Gasteiger partial charge is 0.240 e. The average Bonchev–Trinajstić information content (AvgIpc) is 2.61. The molecule has 0 unspecified atom stereocenters. The summed E-state index contributed by atoms with van der Waals surface area (Å²) in [5, 5.41) is 3.08. The molecule has 1 aromatic carbocycles. The molecule has 0 aromatic heterocycles. The van der Waals surface area contributed by atoms with Gasteiger partial charge < -0.3 is 15.8 Å². The van der Waals surface area contributed by atoms with E-state index in [2.05, 4.69) is 5.32 Å². The quantitative estimate of drug-likeness (QED) is 0.856. The molecule has 1 amide bonds. The Balaban J connectivity index is 0.00000225. The number of ether oxygens (including phenoxy) is 1. The molecular weight excluding hydrogens is 343 g/mol. The third kappa shape index (κ3) is 4.52. The van der Waals surface area contributed by atoms with Crippen LogP contribution in [-0.4, -0.2) is 31.2 Å². The summed E-state index contributed by atoms with van der Waals surface area (Å²) in [7, 11) is 0. The molecule has 3 N–H and O–H groups in total. The summed E-state index contributed by atoms with van der Waals surface area (Å²) in [6, 6.07) is 6.82. The monoisotopic (exact) mass is 370 g/mol. The molecule has 25 heavy (non-hydrogen) atoms. The Hall–Kier alpha value is -1.17. The fraction of sp³-hybridized carbons (Fsp3) is 0.632. The zero-order valence-corrected chi connectivity index (χ0v) is 15.4. The van der Waals surface area contributed by atoms with Crippen molar-refractivity contribution in [1.29, 1.82) is 0 Å². The van der Waals surface area contributed by atoms with Gasteiger partial charge in [-0.3, -0.25) is 4.79 Å². The van der Waals surface area contributed by atoms with Crippen molar-refractivity contribution >= 4 is 18.3 Å². The van der Waals surface area contributed by atoms with Crippen LogP contribution < -0.4 is 11.1 Å². The lowest BCUT2D eigenvalue weighted by molar-refractivity contribution is -0.130. The maximum absolute atomic E-state index is 13.7. The van der Waals surface area contributed by atoms with Crippen LogP contribution in [0, 0.1) is 5.82 Å². The summed E-state index contributed by atoms with van der Waals surface area (Å²) >= 11 is 0. The number of carbonyl (C=O) groups excluding carboxylic acids is 1. The van der Waals surface area contributed by atoms with Crippen molar-refractivity contribution < 1.29 is 13.9 Å². The van der Waals surface area contributed by atoms with Crippen LogP contribution in [0.15, 0.2) is 24.3 Å². The number of hydrogen-bond donors (Lipinski definition) is 2. The van der Waals surface area contributed by atoms with E-state index in [0.29, 0.717) is 32.6 Å². The van der Waals surface area contributed by atoms with Gasteiger partial charge in [0.2, 0.25) is 5.91 Å². The van der Waals surface area contributed by atoms with E-state index >= 15 is 0 Å². The Morgan fingerprint density at radius 2 is 1.84 bits per heavy atom. The lowest BCUT2D eigenvalue weighted by atomic mass is 9.69. The lowest BCUT2D eigenvalue weighted by Crippen LogP contribution is -2.58. The van der Waals surface area contributed by atoms with E-state index in [9.17, 15) is 9.18 Å². The highest BCUT2D eigenvalue weighted by molar-refractivity contribution is 5.86.